The summed E-state index contributed by atoms with van der Waals surface area (Å²) in [5, 5.41) is 15.2. The van der Waals surface area contributed by atoms with E-state index in [9.17, 15) is 14.9 Å². The van der Waals surface area contributed by atoms with Gasteiger partial charge in [0.05, 0.1) is 25.4 Å². The van der Waals surface area contributed by atoms with E-state index in [1.165, 1.54) is 44.3 Å². The smallest absolute Gasteiger partial charge is 0.271 e. The number of amides is 1. The number of nitrogens with one attached hydrogen (secondary N) is 1. The normalized spacial score (nSPS) is 10.7. The van der Waals surface area contributed by atoms with Crippen molar-refractivity contribution in [1.29, 1.82) is 0 Å². The second-order valence-electron chi connectivity index (χ2n) is 6.69. The lowest BCUT2D eigenvalue weighted by Gasteiger charge is -2.08. The SMILES string of the molecule is COc1cc(OC)cc(C(=O)NN=Cc2cc([N+](=O)[O-])ccc2Sc2ccc(C)cc2)c1. The number of benzene rings is 3. The van der Waals surface area contributed by atoms with Crippen LogP contribution in [0.25, 0.3) is 0 Å². The number of hydrazone groups is 1. The fourth-order valence-electron chi connectivity index (χ4n) is 2.74. The third kappa shape index (κ3) is 5.86. The monoisotopic (exact) mass is 451 g/mol. The lowest BCUT2D eigenvalue weighted by Crippen LogP contribution is -2.17. The van der Waals surface area contributed by atoms with E-state index >= 15 is 0 Å². The highest BCUT2D eigenvalue weighted by atomic mass is 32.2. The molecule has 0 heterocycles. The van der Waals surface area contributed by atoms with Gasteiger partial charge < -0.3 is 9.47 Å². The fraction of sp³-hybridized carbons (Fsp3) is 0.130. The Morgan fingerprint density at radius 1 is 1.03 bits per heavy atom. The molecule has 0 fully saturated rings. The Morgan fingerprint density at radius 3 is 2.28 bits per heavy atom. The van der Waals surface area contributed by atoms with Crippen LogP contribution >= 0.6 is 11.8 Å². The highest BCUT2D eigenvalue weighted by molar-refractivity contribution is 7.99. The van der Waals surface area contributed by atoms with E-state index in [1.54, 1.807) is 24.3 Å². The van der Waals surface area contributed by atoms with Gasteiger partial charge in [0.25, 0.3) is 11.6 Å². The van der Waals surface area contributed by atoms with Crippen LogP contribution in [0.5, 0.6) is 11.5 Å². The Balaban J connectivity index is 1.83. The second kappa shape index (κ2) is 10.5. The molecule has 0 atom stereocenters. The van der Waals surface area contributed by atoms with Crippen molar-refractivity contribution in [3.8, 4) is 11.5 Å². The molecule has 164 valence electrons. The fourth-order valence-corrected chi connectivity index (χ4v) is 3.63. The molecular formula is C23H21N3O5S. The highest BCUT2D eigenvalue weighted by Crippen LogP contribution is 2.32. The Hall–Kier alpha value is -3.85. The molecule has 0 saturated heterocycles. The number of non-ortho nitro benzene ring substituents is 1. The summed E-state index contributed by atoms with van der Waals surface area (Å²) in [5.74, 6) is 0.458. The lowest BCUT2D eigenvalue weighted by molar-refractivity contribution is -0.384. The molecule has 0 aliphatic rings. The highest BCUT2D eigenvalue weighted by Gasteiger charge is 2.12. The van der Waals surface area contributed by atoms with Crippen LogP contribution < -0.4 is 14.9 Å². The van der Waals surface area contributed by atoms with Crippen LogP contribution in [0.3, 0.4) is 0 Å². The number of hydrogen-bond donors (Lipinski definition) is 1. The van der Waals surface area contributed by atoms with Crippen molar-refractivity contribution in [1.82, 2.24) is 5.43 Å². The van der Waals surface area contributed by atoms with Crippen LogP contribution in [0.2, 0.25) is 0 Å². The summed E-state index contributed by atoms with van der Waals surface area (Å²) < 4.78 is 10.3. The van der Waals surface area contributed by atoms with Gasteiger partial charge in [0, 0.05) is 39.1 Å². The molecule has 8 nitrogen and oxygen atoms in total. The van der Waals surface area contributed by atoms with E-state index in [0.29, 0.717) is 22.6 Å². The minimum Gasteiger partial charge on any atom is -0.497 e. The van der Waals surface area contributed by atoms with Crippen molar-refractivity contribution < 1.29 is 19.2 Å². The van der Waals surface area contributed by atoms with E-state index in [0.717, 1.165) is 15.4 Å². The molecule has 9 heteroatoms. The van der Waals surface area contributed by atoms with Crippen LogP contribution in [-0.2, 0) is 0 Å². The molecule has 3 aromatic carbocycles. The maximum Gasteiger partial charge on any atom is 0.271 e. The quantitative estimate of drug-likeness (QED) is 0.299. The van der Waals surface area contributed by atoms with Gasteiger partial charge in [-0.2, -0.15) is 5.10 Å². The number of nitrogens with zero attached hydrogens (tertiary/aromatic N) is 2. The van der Waals surface area contributed by atoms with E-state index in [4.69, 9.17) is 9.47 Å². The first-order valence-electron chi connectivity index (χ1n) is 9.49. The molecule has 0 aliphatic carbocycles. The summed E-state index contributed by atoms with van der Waals surface area (Å²) in [6, 6.07) is 17.2. The molecular weight excluding hydrogens is 430 g/mol. The van der Waals surface area contributed by atoms with Crippen LogP contribution in [0.1, 0.15) is 21.5 Å². The average molecular weight is 452 g/mol. The number of carbonyl (C=O) groups excluding carboxylic acids is 1. The topological polar surface area (TPSA) is 103 Å². The van der Waals surface area contributed by atoms with Crippen molar-refractivity contribution in [2.24, 2.45) is 5.10 Å². The summed E-state index contributed by atoms with van der Waals surface area (Å²) >= 11 is 1.45. The molecule has 0 aliphatic heterocycles. The van der Waals surface area contributed by atoms with Crippen molar-refractivity contribution in [3.63, 3.8) is 0 Å². The summed E-state index contributed by atoms with van der Waals surface area (Å²) in [5.41, 5.74) is 4.31. The van der Waals surface area contributed by atoms with Crippen LogP contribution in [-0.4, -0.2) is 31.3 Å². The number of ether oxygens (including phenoxy) is 2. The number of carbonyl (C=O) groups is 1. The molecule has 3 rings (SSSR count). The predicted molar refractivity (Wildman–Crippen MR) is 123 cm³/mol. The van der Waals surface area contributed by atoms with E-state index < -0.39 is 10.8 Å². The number of nitro groups is 1. The summed E-state index contributed by atoms with van der Waals surface area (Å²) in [7, 11) is 2.98. The first kappa shape index (κ1) is 22.8. The maximum atomic E-state index is 12.5. The van der Waals surface area contributed by atoms with Crippen molar-refractivity contribution in [2.75, 3.05) is 14.2 Å². The zero-order valence-electron chi connectivity index (χ0n) is 17.7. The zero-order chi connectivity index (χ0) is 23.1. The summed E-state index contributed by atoms with van der Waals surface area (Å²) in [6.45, 7) is 2.00. The molecule has 32 heavy (non-hydrogen) atoms. The average Bonchev–Trinajstić information content (AvgIpc) is 2.80. The summed E-state index contributed by atoms with van der Waals surface area (Å²) in [6.07, 6.45) is 1.39. The minimum absolute atomic E-state index is 0.0661. The van der Waals surface area contributed by atoms with Crippen LogP contribution in [0.15, 0.2) is 75.6 Å². The van der Waals surface area contributed by atoms with Crippen molar-refractivity contribution in [3.05, 3.63) is 87.5 Å². The van der Waals surface area contributed by atoms with Gasteiger partial charge in [0.2, 0.25) is 0 Å². The number of aryl methyl sites for hydroxylation is 1. The van der Waals surface area contributed by atoms with Gasteiger partial charge in [-0.3, -0.25) is 14.9 Å². The number of nitro benzene ring substituents is 1. The molecule has 0 radical (unpaired) electrons. The van der Waals surface area contributed by atoms with E-state index in [2.05, 4.69) is 10.5 Å². The van der Waals surface area contributed by atoms with E-state index in [-0.39, 0.29) is 5.69 Å². The summed E-state index contributed by atoms with van der Waals surface area (Å²) in [4.78, 5) is 25.0. The second-order valence-corrected chi connectivity index (χ2v) is 7.81. The van der Waals surface area contributed by atoms with Crippen LogP contribution in [0, 0.1) is 17.0 Å². The molecule has 0 bridgehead atoms. The van der Waals surface area contributed by atoms with Crippen molar-refractivity contribution in [2.45, 2.75) is 16.7 Å². The van der Waals surface area contributed by atoms with Gasteiger partial charge in [0.15, 0.2) is 0 Å². The van der Waals surface area contributed by atoms with E-state index in [1.807, 2.05) is 31.2 Å². The first-order chi connectivity index (χ1) is 15.4. The number of rotatable bonds is 8. The molecule has 0 aromatic heterocycles. The molecule has 0 unspecified atom stereocenters. The van der Waals surface area contributed by atoms with Gasteiger partial charge >= 0.3 is 0 Å². The van der Waals surface area contributed by atoms with Gasteiger partial charge in [-0.1, -0.05) is 29.5 Å². The molecule has 1 N–H and O–H groups in total. The van der Waals surface area contributed by atoms with Gasteiger partial charge in [-0.15, -0.1) is 0 Å². The molecule has 0 saturated carbocycles. The Kier molecular flexibility index (Phi) is 7.45. The standard InChI is InChI=1S/C23H21N3O5S/c1-15-4-7-21(8-5-15)32-22-9-6-18(26(28)29)10-17(22)14-24-25-23(27)16-11-19(30-2)13-20(12-16)31-3/h4-14H,1-3H3,(H,25,27). The van der Waals surface area contributed by atoms with Gasteiger partial charge in [-0.25, -0.2) is 5.43 Å². The third-order valence-corrected chi connectivity index (χ3v) is 5.54. The maximum absolute atomic E-state index is 12.5. The number of methoxy groups -OCH3 is 2. The van der Waals surface area contributed by atoms with Gasteiger partial charge in [-0.05, 0) is 37.3 Å². The Bertz CT molecular complexity index is 1140. The third-order valence-electron chi connectivity index (χ3n) is 4.44. The molecule has 1 amide bonds. The number of hydrogen-bond acceptors (Lipinski definition) is 7. The van der Waals surface area contributed by atoms with Gasteiger partial charge in [0.1, 0.15) is 11.5 Å². The largest absolute Gasteiger partial charge is 0.497 e. The van der Waals surface area contributed by atoms with Crippen LogP contribution in [0.4, 0.5) is 5.69 Å². The lowest BCUT2D eigenvalue weighted by atomic mass is 10.2. The molecule has 0 spiro atoms. The minimum atomic E-state index is -0.475. The Morgan fingerprint density at radius 2 is 1.69 bits per heavy atom. The Labute approximate surface area is 189 Å². The predicted octanol–water partition coefficient (Wildman–Crippen LogP) is 4.84. The zero-order valence-corrected chi connectivity index (χ0v) is 18.5. The molecule has 3 aromatic rings. The first-order valence-corrected chi connectivity index (χ1v) is 10.3. The van der Waals surface area contributed by atoms with Crippen molar-refractivity contribution >= 4 is 29.6 Å².